The van der Waals surface area contributed by atoms with Crippen LogP contribution >= 0.6 is 0 Å². The molecule has 0 N–H and O–H groups in total. The number of rotatable bonds is 10. The molecule has 2 aromatic carbocycles. The number of hydrogen-bond acceptors (Lipinski definition) is 7. The monoisotopic (exact) mass is 693 g/mol. The summed E-state index contributed by atoms with van der Waals surface area (Å²) in [4.78, 5) is 15.6. The van der Waals surface area contributed by atoms with Gasteiger partial charge in [0.25, 0.3) is 0 Å². The van der Waals surface area contributed by atoms with Gasteiger partial charge in [0.2, 0.25) is 5.95 Å². The molecule has 1 aromatic heterocycles. The standard InChI is InChI=1S/C36H45F6N5O2/c1-5-29-19-31(20-30(17-25-9-7-6-8-10-25)47(29)24-49-34(2,3)4)46(33-43-21-32(22-44-33)45-11-13-48-14-12-45)23-26-15-27(35(37,38)39)18-28(16-26)36(40,41)42/h6-10,15-16,18,21-22,29-31H,5,11-14,17,19-20,23-24H2,1-4H3/t29-,30+,31+/m1/s1. The third-order valence-electron chi connectivity index (χ3n) is 9.16. The summed E-state index contributed by atoms with van der Waals surface area (Å²) in [6.07, 6.45) is -3.96. The first-order chi connectivity index (χ1) is 23.1. The van der Waals surface area contributed by atoms with Crippen molar-refractivity contribution in [3.8, 4) is 0 Å². The molecule has 0 saturated carbocycles. The largest absolute Gasteiger partial charge is 0.416 e. The lowest BCUT2D eigenvalue weighted by Gasteiger charge is -2.48. The molecule has 5 rings (SSSR count). The Labute approximate surface area is 284 Å². The van der Waals surface area contributed by atoms with Crippen LogP contribution in [0, 0.1) is 0 Å². The van der Waals surface area contributed by atoms with Gasteiger partial charge in [0.1, 0.15) is 6.73 Å². The number of aromatic nitrogens is 2. The first-order valence-electron chi connectivity index (χ1n) is 16.7. The predicted molar refractivity (Wildman–Crippen MR) is 176 cm³/mol. The molecule has 0 aliphatic carbocycles. The highest BCUT2D eigenvalue weighted by Crippen LogP contribution is 2.38. The van der Waals surface area contributed by atoms with Crippen LogP contribution in [0.25, 0.3) is 0 Å². The summed E-state index contributed by atoms with van der Waals surface area (Å²) in [6.45, 7) is 10.7. The van der Waals surface area contributed by atoms with Crippen LogP contribution in [0.3, 0.4) is 0 Å². The van der Waals surface area contributed by atoms with Gasteiger partial charge in [-0.1, -0.05) is 37.3 Å². The van der Waals surface area contributed by atoms with Crippen LogP contribution in [-0.2, 0) is 34.8 Å². The van der Waals surface area contributed by atoms with E-state index in [2.05, 4.69) is 38.8 Å². The molecule has 2 saturated heterocycles. The summed E-state index contributed by atoms with van der Waals surface area (Å²) in [6, 6.07) is 11.5. The van der Waals surface area contributed by atoms with E-state index in [1.54, 1.807) is 17.3 Å². The van der Waals surface area contributed by atoms with E-state index in [-0.39, 0.29) is 47.8 Å². The number of anilines is 2. The summed E-state index contributed by atoms with van der Waals surface area (Å²) in [5.41, 5.74) is -1.29. The Morgan fingerprint density at radius 3 is 1.98 bits per heavy atom. The average molecular weight is 694 g/mol. The predicted octanol–water partition coefficient (Wildman–Crippen LogP) is 7.98. The minimum absolute atomic E-state index is 0.0252. The number of benzene rings is 2. The molecule has 0 spiro atoms. The van der Waals surface area contributed by atoms with E-state index in [9.17, 15) is 26.3 Å². The van der Waals surface area contributed by atoms with Crippen molar-refractivity contribution in [3.05, 3.63) is 83.2 Å². The van der Waals surface area contributed by atoms with Gasteiger partial charge in [-0.05, 0) is 75.8 Å². The van der Waals surface area contributed by atoms with Gasteiger partial charge < -0.3 is 19.3 Å². The molecule has 3 atom stereocenters. The zero-order valence-corrected chi connectivity index (χ0v) is 28.4. The zero-order valence-electron chi connectivity index (χ0n) is 28.4. The van der Waals surface area contributed by atoms with Crippen molar-refractivity contribution < 1.29 is 35.8 Å². The fraction of sp³-hybridized carbons (Fsp3) is 0.556. The number of nitrogens with zero attached hydrogens (tertiary/aromatic N) is 5. The van der Waals surface area contributed by atoms with Gasteiger partial charge in [-0.15, -0.1) is 0 Å². The van der Waals surface area contributed by atoms with Gasteiger partial charge in [0, 0.05) is 37.8 Å². The molecule has 13 heteroatoms. The first kappa shape index (κ1) is 36.9. The van der Waals surface area contributed by atoms with E-state index in [0.717, 1.165) is 29.8 Å². The summed E-state index contributed by atoms with van der Waals surface area (Å²) < 4.78 is 95.1. The lowest BCUT2D eigenvalue weighted by atomic mass is 9.86. The van der Waals surface area contributed by atoms with Crippen molar-refractivity contribution in [2.45, 2.75) is 96.0 Å². The van der Waals surface area contributed by atoms with Crippen molar-refractivity contribution in [2.24, 2.45) is 0 Å². The molecule has 3 heterocycles. The Kier molecular flexibility index (Phi) is 11.4. The highest BCUT2D eigenvalue weighted by molar-refractivity contribution is 5.47. The van der Waals surface area contributed by atoms with E-state index in [1.165, 1.54) is 0 Å². The molecule has 49 heavy (non-hydrogen) atoms. The molecule has 0 amide bonds. The minimum Gasteiger partial charge on any atom is -0.378 e. The molecule has 2 fully saturated rings. The second-order valence-electron chi connectivity index (χ2n) is 13.8. The fourth-order valence-corrected chi connectivity index (χ4v) is 6.63. The highest BCUT2D eigenvalue weighted by atomic mass is 19.4. The van der Waals surface area contributed by atoms with Crippen LogP contribution in [0.1, 0.15) is 69.2 Å². The molecule has 2 aliphatic heterocycles. The SMILES string of the molecule is CC[C@@H]1C[C@H](N(Cc2cc(C(F)(F)F)cc(C(F)(F)F)c2)c2ncc(N3CCOCC3)cn2)C[C@H](Cc2ccccc2)N1COC(C)(C)C. The van der Waals surface area contributed by atoms with Crippen LogP contribution in [-0.4, -0.2) is 71.6 Å². The van der Waals surface area contributed by atoms with Gasteiger partial charge in [-0.25, -0.2) is 9.97 Å². The third-order valence-corrected chi connectivity index (χ3v) is 9.16. The Morgan fingerprint density at radius 2 is 1.43 bits per heavy atom. The maximum atomic E-state index is 13.9. The van der Waals surface area contributed by atoms with Gasteiger partial charge in [0.15, 0.2) is 0 Å². The topological polar surface area (TPSA) is 54.0 Å². The van der Waals surface area contributed by atoms with Crippen LogP contribution in [0.2, 0.25) is 0 Å². The van der Waals surface area contributed by atoms with Gasteiger partial charge >= 0.3 is 12.4 Å². The average Bonchev–Trinajstić information content (AvgIpc) is 3.06. The van der Waals surface area contributed by atoms with Crippen molar-refractivity contribution in [1.29, 1.82) is 0 Å². The highest BCUT2D eigenvalue weighted by Gasteiger charge is 2.40. The van der Waals surface area contributed by atoms with E-state index >= 15 is 0 Å². The Bertz CT molecular complexity index is 1460. The fourth-order valence-electron chi connectivity index (χ4n) is 6.63. The van der Waals surface area contributed by atoms with E-state index < -0.39 is 23.5 Å². The number of piperidine rings is 1. The summed E-state index contributed by atoms with van der Waals surface area (Å²) >= 11 is 0. The van der Waals surface area contributed by atoms with Crippen LogP contribution < -0.4 is 9.80 Å². The smallest absolute Gasteiger partial charge is 0.378 e. The van der Waals surface area contributed by atoms with E-state index in [1.807, 2.05) is 39.0 Å². The normalized spacial score (nSPS) is 21.2. The molecular formula is C36H45F6N5O2. The summed E-state index contributed by atoms with van der Waals surface area (Å²) in [7, 11) is 0. The third kappa shape index (κ3) is 9.85. The summed E-state index contributed by atoms with van der Waals surface area (Å²) in [5, 5.41) is 0. The number of morpholine rings is 1. The molecule has 0 unspecified atom stereocenters. The number of alkyl halides is 6. The molecule has 0 radical (unpaired) electrons. The number of ether oxygens (including phenoxy) is 2. The maximum Gasteiger partial charge on any atom is 0.416 e. The Hall–Kier alpha value is -3.42. The lowest BCUT2D eigenvalue weighted by Crippen LogP contribution is -2.56. The first-order valence-corrected chi connectivity index (χ1v) is 16.7. The van der Waals surface area contributed by atoms with Crippen molar-refractivity contribution in [3.63, 3.8) is 0 Å². The quantitative estimate of drug-likeness (QED) is 0.200. The minimum atomic E-state index is -4.95. The Morgan fingerprint density at radius 1 is 0.837 bits per heavy atom. The second-order valence-corrected chi connectivity index (χ2v) is 13.8. The van der Waals surface area contributed by atoms with Crippen molar-refractivity contribution in [1.82, 2.24) is 14.9 Å². The molecule has 2 aliphatic rings. The maximum absolute atomic E-state index is 13.9. The van der Waals surface area contributed by atoms with Crippen LogP contribution in [0.5, 0.6) is 0 Å². The van der Waals surface area contributed by atoms with Gasteiger partial charge in [0.05, 0.1) is 48.0 Å². The number of hydrogen-bond donors (Lipinski definition) is 0. The van der Waals surface area contributed by atoms with E-state index in [0.29, 0.717) is 52.3 Å². The van der Waals surface area contributed by atoms with Crippen molar-refractivity contribution in [2.75, 3.05) is 42.8 Å². The zero-order chi connectivity index (χ0) is 35.4. The van der Waals surface area contributed by atoms with E-state index in [4.69, 9.17) is 9.47 Å². The van der Waals surface area contributed by atoms with Gasteiger partial charge in [-0.2, -0.15) is 26.3 Å². The molecule has 7 nitrogen and oxygen atoms in total. The van der Waals surface area contributed by atoms with Gasteiger partial charge in [-0.3, -0.25) is 4.90 Å². The number of likely N-dealkylation sites (tertiary alicyclic amines) is 1. The Balaban J connectivity index is 1.54. The molecule has 268 valence electrons. The summed E-state index contributed by atoms with van der Waals surface area (Å²) in [5.74, 6) is 0.251. The lowest BCUT2D eigenvalue weighted by molar-refractivity contribution is -0.143. The number of halogens is 6. The second kappa shape index (κ2) is 15.2. The molecule has 0 bridgehead atoms. The van der Waals surface area contributed by atoms with Crippen LogP contribution in [0.15, 0.2) is 60.9 Å². The molecule has 3 aromatic rings. The van der Waals surface area contributed by atoms with Crippen LogP contribution in [0.4, 0.5) is 38.0 Å². The molecular weight excluding hydrogens is 648 g/mol. The van der Waals surface area contributed by atoms with Crippen molar-refractivity contribution >= 4 is 11.6 Å².